The van der Waals surface area contributed by atoms with Gasteiger partial charge in [-0.3, -0.25) is 9.78 Å². The van der Waals surface area contributed by atoms with Crippen molar-refractivity contribution in [3.8, 4) is 5.75 Å². The fraction of sp³-hybridized carbons (Fsp3) is 0.370. The van der Waals surface area contributed by atoms with Gasteiger partial charge in [0.1, 0.15) is 5.75 Å². The summed E-state index contributed by atoms with van der Waals surface area (Å²) in [7, 11) is 3.30. The number of pyridine rings is 1. The number of hydrogen-bond acceptors (Lipinski definition) is 5. The minimum absolute atomic E-state index is 0.103. The summed E-state index contributed by atoms with van der Waals surface area (Å²) in [5.74, 6) is 0.522. The Kier molecular flexibility index (Phi) is 8.22. The van der Waals surface area contributed by atoms with Crippen LogP contribution in [-0.2, 0) is 16.1 Å². The molecule has 9 heteroatoms. The van der Waals surface area contributed by atoms with Crippen molar-refractivity contribution in [2.24, 2.45) is 0 Å². The first-order valence-electron chi connectivity index (χ1n) is 12.0. The van der Waals surface area contributed by atoms with Crippen molar-refractivity contribution < 1.29 is 14.3 Å². The number of benzene rings is 1. The Hall–Kier alpha value is -3.43. The van der Waals surface area contributed by atoms with Gasteiger partial charge in [-0.15, -0.1) is 0 Å². The maximum absolute atomic E-state index is 12.9. The molecule has 0 saturated carbocycles. The van der Waals surface area contributed by atoms with E-state index in [0.29, 0.717) is 29.7 Å². The predicted molar refractivity (Wildman–Crippen MR) is 144 cm³/mol. The Balaban J connectivity index is 1.60. The van der Waals surface area contributed by atoms with Gasteiger partial charge in [0, 0.05) is 44.2 Å². The van der Waals surface area contributed by atoms with Gasteiger partial charge in [0.25, 0.3) is 0 Å². The molecule has 2 N–H and O–H groups in total. The zero-order valence-electron chi connectivity index (χ0n) is 21.2. The summed E-state index contributed by atoms with van der Waals surface area (Å²) in [6.45, 7) is 6.10. The number of amides is 1. The molecule has 0 aliphatic carbocycles. The fourth-order valence-corrected chi connectivity index (χ4v) is 5.15. The SMILES string of the molecule is COCCn1c(C)cc([C@@H]2[C@@H](c3ccccn3)NC(=S)N2CCC(=O)Nc2ccccc2OC)c1C. The van der Waals surface area contributed by atoms with Crippen LogP contribution in [0.2, 0.25) is 0 Å². The van der Waals surface area contributed by atoms with Crippen molar-refractivity contribution in [2.75, 3.05) is 32.7 Å². The highest BCUT2D eigenvalue weighted by atomic mass is 32.1. The molecule has 36 heavy (non-hydrogen) atoms. The van der Waals surface area contributed by atoms with Crippen LogP contribution in [0.3, 0.4) is 0 Å². The number of hydrogen-bond donors (Lipinski definition) is 2. The van der Waals surface area contributed by atoms with Crippen LogP contribution >= 0.6 is 12.2 Å². The summed E-state index contributed by atoms with van der Waals surface area (Å²) in [4.78, 5) is 19.6. The summed E-state index contributed by atoms with van der Waals surface area (Å²) >= 11 is 5.78. The molecule has 0 bridgehead atoms. The molecular formula is C27H33N5O3S. The number of aryl methyl sites for hydroxylation is 1. The number of rotatable bonds is 10. The van der Waals surface area contributed by atoms with E-state index in [9.17, 15) is 4.79 Å². The molecule has 0 unspecified atom stereocenters. The maximum atomic E-state index is 12.9. The molecule has 3 aromatic rings. The first kappa shape index (κ1) is 25.7. The number of anilines is 1. The summed E-state index contributed by atoms with van der Waals surface area (Å²) in [6, 6.07) is 15.3. The lowest BCUT2D eigenvalue weighted by atomic mass is 9.96. The number of nitrogens with zero attached hydrogens (tertiary/aromatic N) is 3. The van der Waals surface area contributed by atoms with Gasteiger partial charge in [-0.2, -0.15) is 0 Å². The average Bonchev–Trinajstić information content (AvgIpc) is 3.36. The smallest absolute Gasteiger partial charge is 0.226 e. The minimum Gasteiger partial charge on any atom is -0.495 e. The van der Waals surface area contributed by atoms with Crippen LogP contribution in [0, 0.1) is 13.8 Å². The van der Waals surface area contributed by atoms with Gasteiger partial charge in [0.15, 0.2) is 5.11 Å². The van der Waals surface area contributed by atoms with Gasteiger partial charge in [0.2, 0.25) is 5.91 Å². The molecule has 190 valence electrons. The molecule has 4 rings (SSSR count). The first-order valence-corrected chi connectivity index (χ1v) is 12.4. The molecule has 0 radical (unpaired) electrons. The molecule has 1 saturated heterocycles. The number of carbonyl (C=O) groups excluding carboxylic acids is 1. The van der Waals surface area contributed by atoms with E-state index >= 15 is 0 Å². The van der Waals surface area contributed by atoms with Crippen molar-refractivity contribution in [3.63, 3.8) is 0 Å². The number of nitrogens with one attached hydrogen (secondary N) is 2. The number of thiocarbonyl (C=S) groups is 1. The molecule has 1 fully saturated rings. The molecule has 3 heterocycles. The second kappa shape index (κ2) is 11.5. The van der Waals surface area contributed by atoms with E-state index in [0.717, 1.165) is 29.2 Å². The monoisotopic (exact) mass is 507 g/mol. The largest absolute Gasteiger partial charge is 0.495 e. The maximum Gasteiger partial charge on any atom is 0.226 e. The summed E-state index contributed by atoms with van der Waals surface area (Å²) < 4.78 is 12.9. The number of carbonyl (C=O) groups is 1. The standard InChI is InChI=1S/C27H33N5O3S/c1-18-17-20(19(2)31(18)15-16-34-3)26-25(22-10-7-8-13-28-22)30-27(36)32(26)14-12-24(33)29-21-9-5-6-11-23(21)35-4/h5-11,13,17,25-26H,12,14-16H2,1-4H3,(H,29,33)(H,30,36)/t25-,26-/m1/s1. The summed E-state index contributed by atoms with van der Waals surface area (Å²) in [5, 5.41) is 7.04. The number of ether oxygens (including phenoxy) is 2. The quantitative estimate of drug-likeness (QED) is 0.399. The highest BCUT2D eigenvalue weighted by Crippen LogP contribution is 2.41. The third kappa shape index (κ3) is 5.37. The van der Waals surface area contributed by atoms with Crippen molar-refractivity contribution in [1.29, 1.82) is 0 Å². The van der Waals surface area contributed by atoms with Gasteiger partial charge in [-0.05, 0) is 62.0 Å². The first-order chi connectivity index (χ1) is 17.4. The topological polar surface area (TPSA) is 80.7 Å². The van der Waals surface area contributed by atoms with Gasteiger partial charge >= 0.3 is 0 Å². The summed E-state index contributed by atoms with van der Waals surface area (Å²) in [6.07, 6.45) is 2.07. The lowest BCUT2D eigenvalue weighted by molar-refractivity contribution is -0.116. The third-order valence-electron chi connectivity index (χ3n) is 6.61. The molecule has 0 spiro atoms. The van der Waals surface area contributed by atoms with Crippen LogP contribution in [0.15, 0.2) is 54.7 Å². The van der Waals surface area contributed by atoms with Crippen LogP contribution in [0.25, 0.3) is 0 Å². The molecule has 1 aliphatic heterocycles. The second-order valence-electron chi connectivity index (χ2n) is 8.79. The van der Waals surface area contributed by atoms with Crippen molar-refractivity contribution in [1.82, 2.24) is 19.8 Å². The van der Waals surface area contributed by atoms with Crippen molar-refractivity contribution in [2.45, 2.75) is 38.9 Å². The van der Waals surface area contributed by atoms with Gasteiger partial charge in [0.05, 0.1) is 37.2 Å². The molecule has 2 aromatic heterocycles. The Morgan fingerprint density at radius 2 is 1.92 bits per heavy atom. The Morgan fingerprint density at radius 1 is 1.14 bits per heavy atom. The van der Waals surface area contributed by atoms with Crippen LogP contribution in [0.4, 0.5) is 5.69 Å². The van der Waals surface area contributed by atoms with Crippen LogP contribution < -0.4 is 15.4 Å². The number of para-hydroxylation sites is 2. The second-order valence-corrected chi connectivity index (χ2v) is 9.18. The van der Waals surface area contributed by atoms with Crippen LogP contribution in [0.1, 0.15) is 41.1 Å². The van der Waals surface area contributed by atoms with E-state index in [1.54, 1.807) is 20.4 Å². The third-order valence-corrected chi connectivity index (χ3v) is 6.96. The number of aromatic nitrogens is 2. The molecular weight excluding hydrogens is 474 g/mol. The Morgan fingerprint density at radius 3 is 2.64 bits per heavy atom. The molecule has 1 amide bonds. The van der Waals surface area contributed by atoms with Gasteiger partial charge < -0.3 is 29.6 Å². The molecule has 1 aromatic carbocycles. The van der Waals surface area contributed by atoms with E-state index in [2.05, 4.69) is 45.0 Å². The Labute approximate surface area is 217 Å². The van der Waals surface area contributed by atoms with E-state index in [1.165, 1.54) is 0 Å². The van der Waals surface area contributed by atoms with Crippen LogP contribution in [-0.4, -0.2) is 52.8 Å². The molecule has 1 aliphatic rings. The average molecular weight is 508 g/mol. The van der Waals surface area contributed by atoms with E-state index in [-0.39, 0.29) is 24.4 Å². The lowest BCUT2D eigenvalue weighted by Gasteiger charge is -2.28. The highest BCUT2D eigenvalue weighted by molar-refractivity contribution is 7.80. The van der Waals surface area contributed by atoms with Gasteiger partial charge in [-0.25, -0.2) is 0 Å². The van der Waals surface area contributed by atoms with E-state index in [1.807, 2.05) is 42.5 Å². The van der Waals surface area contributed by atoms with Crippen LogP contribution in [0.5, 0.6) is 5.75 Å². The lowest BCUT2D eigenvalue weighted by Crippen LogP contribution is -2.33. The predicted octanol–water partition coefficient (Wildman–Crippen LogP) is 4.16. The van der Waals surface area contributed by atoms with Gasteiger partial charge in [-0.1, -0.05) is 18.2 Å². The zero-order valence-corrected chi connectivity index (χ0v) is 22.0. The number of methoxy groups -OCH3 is 2. The minimum atomic E-state index is -0.132. The van der Waals surface area contributed by atoms with E-state index in [4.69, 9.17) is 21.7 Å². The van der Waals surface area contributed by atoms with Crippen molar-refractivity contribution >= 4 is 28.9 Å². The summed E-state index contributed by atoms with van der Waals surface area (Å²) in [5.41, 5.74) is 5.04. The highest BCUT2D eigenvalue weighted by Gasteiger charge is 2.41. The zero-order chi connectivity index (χ0) is 25.7. The van der Waals surface area contributed by atoms with E-state index < -0.39 is 0 Å². The molecule has 2 atom stereocenters. The fourth-order valence-electron chi connectivity index (χ4n) is 4.82. The normalized spacial score (nSPS) is 17.2. The Bertz CT molecular complexity index is 1210. The van der Waals surface area contributed by atoms with Crippen molar-refractivity contribution in [3.05, 3.63) is 77.4 Å². The molecule has 8 nitrogen and oxygen atoms in total.